The molecule has 0 heterocycles. The third-order valence-electron chi connectivity index (χ3n) is 1.76. The van der Waals surface area contributed by atoms with Crippen LogP contribution in [0.2, 0.25) is 0 Å². The Kier molecular flexibility index (Phi) is 3.84. The fraction of sp³-hybridized carbons (Fsp3) is 0.667. The monoisotopic (exact) mass is 153 g/mol. The minimum atomic E-state index is -0.406. The van der Waals surface area contributed by atoms with Crippen molar-refractivity contribution in [2.24, 2.45) is 11.1 Å². The zero-order valence-corrected chi connectivity index (χ0v) is 7.18. The molecule has 0 unspecified atom stereocenters. The smallest absolute Gasteiger partial charge is 0.140 e. The van der Waals surface area contributed by atoms with E-state index in [-0.39, 0.29) is 5.78 Å². The summed E-state index contributed by atoms with van der Waals surface area (Å²) in [6, 6.07) is 0. The molecule has 0 saturated carbocycles. The lowest BCUT2D eigenvalue weighted by Gasteiger charge is -2.19. The van der Waals surface area contributed by atoms with E-state index < -0.39 is 5.41 Å². The van der Waals surface area contributed by atoms with E-state index in [4.69, 9.17) is 12.2 Å². The highest BCUT2D eigenvalue weighted by atomic mass is 16.1. The van der Waals surface area contributed by atoms with E-state index in [1.54, 1.807) is 0 Å². The summed E-state index contributed by atoms with van der Waals surface area (Å²) in [5.41, 5.74) is 5.00. The maximum Gasteiger partial charge on any atom is 0.140 e. The van der Waals surface area contributed by atoms with Crippen LogP contribution in [0.15, 0.2) is 0 Å². The van der Waals surface area contributed by atoms with E-state index in [2.05, 4.69) is 5.92 Å². The second-order valence-corrected chi connectivity index (χ2v) is 3.22. The molecule has 0 aromatic heterocycles. The number of rotatable bonds is 4. The van der Waals surface area contributed by atoms with Gasteiger partial charge in [-0.15, -0.1) is 12.3 Å². The van der Waals surface area contributed by atoms with E-state index in [1.807, 2.05) is 13.8 Å². The van der Waals surface area contributed by atoms with Crippen LogP contribution in [0.25, 0.3) is 0 Å². The normalized spacial score (nSPS) is 10.7. The topological polar surface area (TPSA) is 43.1 Å². The Morgan fingerprint density at radius 2 is 2.18 bits per heavy atom. The summed E-state index contributed by atoms with van der Waals surface area (Å²) >= 11 is 0. The maximum absolute atomic E-state index is 11.3. The number of Topliss-reactive ketones (excluding diaryl/α,β-unsaturated/α-hetero) is 1. The molecule has 0 aliphatic heterocycles. The van der Waals surface area contributed by atoms with E-state index in [1.165, 1.54) is 0 Å². The van der Waals surface area contributed by atoms with Crippen molar-refractivity contribution in [1.82, 2.24) is 0 Å². The molecule has 0 amide bonds. The average molecular weight is 153 g/mol. The second kappa shape index (κ2) is 4.15. The van der Waals surface area contributed by atoms with Crippen LogP contribution in [0, 0.1) is 17.8 Å². The van der Waals surface area contributed by atoms with Gasteiger partial charge in [0, 0.05) is 24.8 Å². The fourth-order valence-electron chi connectivity index (χ4n) is 0.638. The van der Waals surface area contributed by atoms with Gasteiger partial charge < -0.3 is 5.73 Å². The van der Waals surface area contributed by atoms with Crippen molar-refractivity contribution in [1.29, 1.82) is 0 Å². The highest BCUT2D eigenvalue weighted by Gasteiger charge is 2.24. The molecule has 0 aromatic carbocycles. The van der Waals surface area contributed by atoms with Crippen molar-refractivity contribution in [3.8, 4) is 12.3 Å². The van der Waals surface area contributed by atoms with Gasteiger partial charge in [-0.1, -0.05) is 13.8 Å². The fourth-order valence-corrected chi connectivity index (χ4v) is 0.638. The third kappa shape index (κ3) is 3.20. The quantitative estimate of drug-likeness (QED) is 0.611. The summed E-state index contributed by atoms with van der Waals surface area (Å²) in [5, 5.41) is 0. The molecular formula is C9H15NO. The van der Waals surface area contributed by atoms with Crippen LogP contribution < -0.4 is 5.73 Å². The van der Waals surface area contributed by atoms with Gasteiger partial charge in [-0.3, -0.25) is 4.79 Å². The van der Waals surface area contributed by atoms with Gasteiger partial charge in [0.1, 0.15) is 5.78 Å². The number of carbonyl (C=O) groups excluding carboxylic acids is 1. The van der Waals surface area contributed by atoms with Crippen molar-refractivity contribution >= 4 is 5.78 Å². The summed E-state index contributed by atoms with van der Waals surface area (Å²) in [6.07, 6.45) is 5.99. The number of hydrogen-bond acceptors (Lipinski definition) is 2. The van der Waals surface area contributed by atoms with Crippen LogP contribution >= 0.6 is 0 Å². The zero-order chi connectivity index (χ0) is 8.91. The van der Waals surface area contributed by atoms with Gasteiger partial charge in [-0.25, -0.2) is 0 Å². The predicted molar refractivity (Wildman–Crippen MR) is 45.9 cm³/mol. The Bertz CT molecular complexity index is 176. The van der Waals surface area contributed by atoms with Crippen LogP contribution in [0.3, 0.4) is 0 Å². The van der Waals surface area contributed by atoms with Crippen LogP contribution in [0.5, 0.6) is 0 Å². The SMILES string of the molecule is C#CCCC(=O)C(C)(C)CN. The largest absolute Gasteiger partial charge is 0.329 e. The van der Waals surface area contributed by atoms with Crippen LogP contribution in [-0.2, 0) is 4.79 Å². The van der Waals surface area contributed by atoms with Gasteiger partial charge in [-0.2, -0.15) is 0 Å². The summed E-state index contributed by atoms with van der Waals surface area (Å²) in [5.74, 6) is 2.58. The Morgan fingerprint density at radius 1 is 1.64 bits per heavy atom. The summed E-state index contributed by atoms with van der Waals surface area (Å²) in [4.78, 5) is 11.3. The molecule has 62 valence electrons. The maximum atomic E-state index is 11.3. The lowest BCUT2D eigenvalue weighted by atomic mass is 9.86. The lowest BCUT2D eigenvalue weighted by molar-refractivity contribution is -0.126. The standard InChI is InChI=1S/C9H15NO/c1-4-5-6-8(11)9(2,3)7-10/h1H,5-7,10H2,2-3H3. The van der Waals surface area contributed by atoms with E-state index in [0.29, 0.717) is 19.4 Å². The average Bonchev–Trinajstić information content (AvgIpc) is 2.00. The van der Waals surface area contributed by atoms with Crippen molar-refractivity contribution in [3.63, 3.8) is 0 Å². The first kappa shape index (κ1) is 10.2. The van der Waals surface area contributed by atoms with Gasteiger partial charge in [0.2, 0.25) is 0 Å². The number of ketones is 1. The molecule has 0 saturated heterocycles. The van der Waals surface area contributed by atoms with Crippen molar-refractivity contribution in [2.75, 3.05) is 6.54 Å². The van der Waals surface area contributed by atoms with Crippen molar-refractivity contribution in [3.05, 3.63) is 0 Å². The first-order valence-corrected chi connectivity index (χ1v) is 3.71. The Labute approximate surface area is 68.2 Å². The molecule has 0 aliphatic rings. The van der Waals surface area contributed by atoms with Crippen LogP contribution in [0.4, 0.5) is 0 Å². The highest BCUT2D eigenvalue weighted by Crippen LogP contribution is 2.16. The molecule has 2 heteroatoms. The van der Waals surface area contributed by atoms with Crippen molar-refractivity contribution < 1.29 is 4.79 Å². The molecule has 2 N–H and O–H groups in total. The van der Waals surface area contributed by atoms with Gasteiger partial charge in [-0.05, 0) is 0 Å². The van der Waals surface area contributed by atoms with E-state index in [0.717, 1.165) is 0 Å². The highest BCUT2D eigenvalue weighted by molar-refractivity contribution is 5.84. The molecule has 2 nitrogen and oxygen atoms in total. The summed E-state index contributed by atoms with van der Waals surface area (Å²) in [7, 11) is 0. The lowest BCUT2D eigenvalue weighted by Crippen LogP contribution is -2.32. The molecule has 0 fully saturated rings. The number of hydrogen-bond donors (Lipinski definition) is 1. The Balaban J connectivity index is 3.94. The second-order valence-electron chi connectivity index (χ2n) is 3.22. The zero-order valence-electron chi connectivity index (χ0n) is 7.18. The molecule has 0 aliphatic carbocycles. The molecule has 11 heavy (non-hydrogen) atoms. The van der Waals surface area contributed by atoms with Gasteiger partial charge >= 0.3 is 0 Å². The minimum Gasteiger partial charge on any atom is -0.329 e. The van der Waals surface area contributed by atoms with Crippen LogP contribution in [-0.4, -0.2) is 12.3 Å². The van der Waals surface area contributed by atoms with Gasteiger partial charge in [0.15, 0.2) is 0 Å². The summed E-state index contributed by atoms with van der Waals surface area (Å²) in [6.45, 7) is 4.06. The number of terminal acetylenes is 1. The minimum absolute atomic E-state index is 0.151. The van der Waals surface area contributed by atoms with E-state index >= 15 is 0 Å². The number of nitrogens with two attached hydrogens (primary N) is 1. The van der Waals surface area contributed by atoms with Crippen molar-refractivity contribution in [2.45, 2.75) is 26.7 Å². The van der Waals surface area contributed by atoms with Gasteiger partial charge in [0.05, 0.1) is 0 Å². The first-order chi connectivity index (χ1) is 5.04. The van der Waals surface area contributed by atoms with Crippen LogP contribution in [0.1, 0.15) is 26.7 Å². The summed E-state index contributed by atoms with van der Waals surface area (Å²) < 4.78 is 0. The molecule has 0 aromatic rings. The molecule has 0 rings (SSSR count). The molecule has 0 atom stereocenters. The molecular weight excluding hydrogens is 138 g/mol. The Morgan fingerprint density at radius 3 is 2.55 bits per heavy atom. The third-order valence-corrected chi connectivity index (χ3v) is 1.76. The molecule has 0 radical (unpaired) electrons. The molecule has 0 spiro atoms. The molecule has 0 bridgehead atoms. The van der Waals surface area contributed by atoms with Gasteiger partial charge in [0.25, 0.3) is 0 Å². The Hall–Kier alpha value is -0.810. The first-order valence-electron chi connectivity index (χ1n) is 3.71. The van der Waals surface area contributed by atoms with E-state index in [9.17, 15) is 4.79 Å². The predicted octanol–water partition coefficient (Wildman–Crippen LogP) is 0.954. The number of carbonyl (C=O) groups is 1.